The van der Waals surface area contributed by atoms with Crippen molar-refractivity contribution in [3.63, 3.8) is 0 Å². The van der Waals surface area contributed by atoms with Crippen molar-refractivity contribution in [2.24, 2.45) is 13.0 Å². The summed E-state index contributed by atoms with van der Waals surface area (Å²) >= 11 is 0. The Labute approximate surface area is 187 Å². The molecule has 0 spiro atoms. The van der Waals surface area contributed by atoms with Crippen LogP contribution in [-0.2, 0) is 18.4 Å². The molecule has 0 unspecified atom stereocenters. The van der Waals surface area contributed by atoms with Gasteiger partial charge >= 0.3 is 6.03 Å². The summed E-state index contributed by atoms with van der Waals surface area (Å²) in [4.78, 5) is 29.9. The molecule has 0 aliphatic heterocycles. The molecule has 0 saturated carbocycles. The first-order valence-corrected chi connectivity index (χ1v) is 11.2. The van der Waals surface area contributed by atoms with Crippen LogP contribution in [0.25, 0.3) is 0 Å². The molecule has 2 aromatic rings. The fourth-order valence-corrected chi connectivity index (χ4v) is 3.50. The molecule has 1 N–H and O–H groups in total. The van der Waals surface area contributed by atoms with Gasteiger partial charge in [0.05, 0.1) is 6.54 Å². The zero-order chi connectivity index (χ0) is 23.0. The third-order valence-corrected chi connectivity index (χ3v) is 5.58. The number of urea groups is 1. The van der Waals surface area contributed by atoms with Crippen molar-refractivity contribution >= 4 is 17.6 Å². The minimum absolute atomic E-state index is 0.0218. The van der Waals surface area contributed by atoms with Gasteiger partial charge < -0.3 is 19.7 Å². The quantitative estimate of drug-likeness (QED) is 0.584. The molecule has 1 aromatic heterocycles. The lowest BCUT2D eigenvalue weighted by molar-refractivity contribution is -0.132. The van der Waals surface area contributed by atoms with Crippen molar-refractivity contribution < 1.29 is 9.59 Å². The smallest absolute Gasteiger partial charge is 0.322 e. The van der Waals surface area contributed by atoms with E-state index in [0.29, 0.717) is 19.6 Å². The lowest BCUT2D eigenvalue weighted by Crippen LogP contribution is -2.46. The van der Waals surface area contributed by atoms with Gasteiger partial charge in [0.2, 0.25) is 5.91 Å². The number of hydrogen-bond donors (Lipinski definition) is 1. The van der Waals surface area contributed by atoms with Crippen molar-refractivity contribution in [2.45, 2.75) is 54.0 Å². The van der Waals surface area contributed by atoms with E-state index in [1.54, 1.807) is 4.90 Å². The lowest BCUT2D eigenvalue weighted by atomic mass is 10.1. The van der Waals surface area contributed by atoms with E-state index < -0.39 is 0 Å². The second-order valence-corrected chi connectivity index (χ2v) is 8.73. The molecular weight excluding hydrogens is 388 g/mol. The van der Waals surface area contributed by atoms with Crippen molar-refractivity contribution in [1.29, 1.82) is 0 Å². The Morgan fingerprint density at radius 1 is 1.10 bits per heavy atom. The lowest BCUT2D eigenvalue weighted by Gasteiger charge is -2.29. The number of unbranched alkanes of at least 4 members (excludes halogenated alkanes) is 1. The van der Waals surface area contributed by atoms with Crippen molar-refractivity contribution in [3.8, 4) is 0 Å². The van der Waals surface area contributed by atoms with Crippen LogP contribution in [0.5, 0.6) is 0 Å². The van der Waals surface area contributed by atoms with Crippen LogP contribution in [0.4, 0.5) is 10.5 Å². The number of benzene rings is 1. The Balaban J connectivity index is 2.15. The maximum absolute atomic E-state index is 13.3. The largest absolute Gasteiger partial charge is 0.353 e. The number of aryl methyl sites for hydroxylation is 2. The summed E-state index contributed by atoms with van der Waals surface area (Å²) in [5.41, 5.74) is 4.04. The monoisotopic (exact) mass is 426 g/mol. The molecule has 0 fully saturated rings. The first-order chi connectivity index (χ1) is 14.7. The van der Waals surface area contributed by atoms with Crippen LogP contribution in [0.1, 0.15) is 50.4 Å². The average Bonchev–Trinajstić information content (AvgIpc) is 3.12. The topological polar surface area (TPSA) is 57.6 Å². The average molecular weight is 427 g/mol. The van der Waals surface area contributed by atoms with Crippen LogP contribution in [0, 0.1) is 19.8 Å². The maximum Gasteiger partial charge on any atom is 0.322 e. The fourth-order valence-electron chi connectivity index (χ4n) is 3.50. The highest BCUT2D eigenvalue weighted by molar-refractivity contribution is 5.93. The van der Waals surface area contributed by atoms with Crippen LogP contribution in [0.2, 0.25) is 0 Å². The van der Waals surface area contributed by atoms with Gasteiger partial charge in [-0.3, -0.25) is 4.79 Å². The number of anilines is 1. The number of nitrogens with one attached hydrogen (secondary N) is 1. The Kier molecular flexibility index (Phi) is 9.16. The predicted molar refractivity (Wildman–Crippen MR) is 127 cm³/mol. The van der Waals surface area contributed by atoms with Gasteiger partial charge in [0, 0.05) is 37.7 Å². The highest BCUT2D eigenvalue weighted by atomic mass is 16.2. The molecule has 6 heteroatoms. The molecule has 0 saturated heterocycles. The first-order valence-electron chi connectivity index (χ1n) is 11.2. The third-order valence-electron chi connectivity index (χ3n) is 5.58. The summed E-state index contributed by atoms with van der Waals surface area (Å²) in [5.74, 6) is 0.237. The molecule has 1 heterocycles. The van der Waals surface area contributed by atoms with Gasteiger partial charge in [0.1, 0.15) is 6.54 Å². The number of amides is 3. The normalized spacial score (nSPS) is 10.9. The van der Waals surface area contributed by atoms with Crippen molar-refractivity contribution in [2.75, 3.05) is 25.0 Å². The second-order valence-electron chi connectivity index (χ2n) is 8.73. The predicted octanol–water partition coefficient (Wildman–Crippen LogP) is 4.96. The van der Waals surface area contributed by atoms with Gasteiger partial charge in [-0.2, -0.15) is 0 Å². The Morgan fingerprint density at radius 3 is 2.45 bits per heavy atom. The van der Waals surface area contributed by atoms with Crippen LogP contribution < -0.4 is 5.32 Å². The van der Waals surface area contributed by atoms with E-state index in [4.69, 9.17) is 0 Å². The van der Waals surface area contributed by atoms with E-state index >= 15 is 0 Å². The highest BCUT2D eigenvalue weighted by Gasteiger charge is 2.23. The molecule has 6 nitrogen and oxygen atoms in total. The SMILES string of the molecule is CCCCN(Cc1cccn1C)C(=O)CN(CC(C)C)C(=O)Nc1cccc(C)c1C. The van der Waals surface area contributed by atoms with Gasteiger partial charge in [-0.25, -0.2) is 4.79 Å². The number of carbonyl (C=O) groups excluding carboxylic acids is 2. The van der Waals surface area contributed by atoms with E-state index in [2.05, 4.69) is 26.1 Å². The Morgan fingerprint density at radius 2 is 1.84 bits per heavy atom. The number of rotatable bonds is 10. The zero-order valence-corrected chi connectivity index (χ0v) is 19.9. The number of carbonyl (C=O) groups is 2. The molecule has 0 radical (unpaired) electrons. The summed E-state index contributed by atoms with van der Waals surface area (Å²) in [5, 5.41) is 3.01. The van der Waals surface area contributed by atoms with Crippen LogP contribution in [0.3, 0.4) is 0 Å². The summed E-state index contributed by atoms with van der Waals surface area (Å²) in [6.07, 6.45) is 3.94. The number of hydrogen-bond acceptors (Lipinski definition) is 2. The maximum atomic E-state index is 13.3. The van der Waals surface area contributed by atoms with Gasteiger partial charge in [0.15, 0.2) is 0 Å². The minimum Gasteiger partial charge on any atom is -0.353 e. The first kappa shape index (κ1) is 24.5. The van der Waals surface area contributed by atoms with Crippen LogP contribution in [0.15, 0.2) is 36.5 Å². The minimum atomic E-state index is -0.231. The van der Waals surface area contributed by atoms with E-state index in [-0.39, 0.29) is 24.4 Å². The van der Waals surface area contributed by atoms with E-state index in [1.165, 1.54) is 0 Å². The Bertz CT molecular complexity index is 872. The molecule has 0 bridgehead atoms. The highest BCUT2D eigenvalue weighted by Crippen LogP contribution is 2.19. The van der Waals surface area contributed by atoms with Crippen molar-refractivity contribution in [1.82, 2.24) is 14.4 Å². The summed E-state index contributed by atoms with van der Waals surface area (Å²) in [7, 11) is 1.99. The molecule has 31 heavy (non-hydrogen) atoms. The third kappa shape index (κ3) is 7.16. The Hall–Kier alpha value is -2.76. The summed E-state index contributed by atoms with van der Waals surface area (Å²) in [6, 6.07) is 9.65. The zero-order valence-electron chi connectivity index (χ0n) is 19.9. The fraction of sp³-hybridized carbons (Fsp3) is 0.520. The molecule has 3 amide bonds. The van der Waals surface area contributed by atoms with E-state index in [1.807, 2.05) is 66.9 Å². The molecule has 170 valence electrons. The van der Waals surface area contributed by atoms with Crippen LogP contribution in [-0.4, -0.2) is 45.9 Å². The number of nitrogens with zero attached hydrogens (tertiary/aromatic N) is 3. The van der Waals surface area contributed by atoms with E-state index in [9.17, 15) is 9.59 Å². The van der Waals surface area contributed by atoms with E-state index in [0.717, 1.165) is 35.3 Å². The van der Waals surface area contributed by atoms with Crippen molar-refractivity contribution in [3.05, 3.63) is 53.3 Å². The molecule has 0 atom stereocenters. The van der Waals surface area contributed by atoms with Gasteiger partial charge in [-0.05, 0) is 55.5 Å². The molecule has 0 aliphatic carbocycles. The molecule has 2 rings (SSSR count). The van der Waals surface area contributed by atoms with Gasteiger partial charge in [-0.15, -0.1) is 0 Å². The molecule has 1 aromatic carbocycles. The summed E-state index contributed by atoms with van der Waals surface area (Å²) in [6.45, 7) is 12.1. The van der Waals surface area contributed by atoms with Gasteiger partial charge in [-0.1, -0.05) is 39.3 Å². The second kappa shape index (κ2) is 11.6. The molecule has 0 aliphatic rings. The molecular formula is C25H38N4O2. The standard InChI is InChI=1S/C25H38N4O2/c1-7-8-15-28(17-22-12-10-14-27(22)6)24(30)18-29(16-19(2)3)25(31)26-23-13-9-11-20(4)21(23)5/h9-14,19H,7-8,15-18H2,1-6H3,(H,26,31). The number of aromatic nitrogens is 1. The van der Waals surface area contributed by atoms with Crippen LogP contribution >= 0.6 is 0 Å². The van der Waals surface area contributed by atoms with Gasteiger partial charge in [0.25, 0.3) is 0 Å². The summed E-state index contributed by atoms with van der Waals surface area (Å²) < 4.78 is 2.03.